The molecule has 4 aromatic carbocycles. The van der Waals surface area contributed by atoms with E-state index in [1.807, 2.05) is 27.7 Å². The van der Waals surface area contributed by atoms with Gasteiger partial charge in [0.1, 0.15) is 129 Å². The topological polar surface area (TPSA) is 49.4 Å². The van der Waals surface area contributed by atoms with E-state index in [4.69, 9.17) is 131 Å². The maximum absolute atomic E-state index is 6.97. The first-order valence-electron chi connectivity index (χ1n) is 15.8. The van der Waals surface area contributed by atoms with Crippen molar-refractivity contribution in [3.63, 3.8) is 0 Å². The number of oxazole rings is 1. The molecule has 1 aliphatic heterocycles. The van der Waals surface area contributed by atoms with Crippen LogP contribution in [0, 0.1) is 0 Å². The molecule has 5 nitrogen and oxygen atoms in total. The third-order valence-electron chi connectivity index (χ3n) is 10.5. The molecule has 0 amide bonds. The Labute approximate surface area is 323 Å². The van der Waals surface area contributed by atoms with Gasteiger partial charge in [0.15, 0.2) is 0 Å². The lowest BCUT2D eigenvalue weighted by Crippen LogP contribution is -2.57. The van der Waals surface area contributed by atoms with Crippen LogP contribution in [-0.4, -0.2) is 146 Å². The normalized spacial score (nSPS) is 15.4. The summed E-state index contributed by atoms with van der Waals surface area (Å²) in [5.74, 6) is -0.143. The molecule has 212 valence electrons. The smallest absolute Gasteiger partial charge is 0.437 e. The number of fused-ring (bicyclic) bond motifs is 4. The van der Waals surface area contributed by atoms with Gasteiger partial charge in [-0.3, -0.25) is 0 Å². The number of hydrogen-bond donors (Lipinski definition) is 0. The fourth-order valence-corrected chi connectivity index (χ4v) is 6.77. The van der Waals surface area contributed by atoms with Crippen LogP contribution in [0.5, 0.6) is 0 Å². The first-order chi connectivity index (χ1) is 24.1. The highest BCUT2D eigenvalue weighted by molar-refractivity contribution is 6.77. The highest BCUT2D eigenvalue weighted by Crippen LogP contribution is 2.36. The van der Waals surface area contributed by atoms with Gasteiger partial charge in [0.05, 0.1) is 11.2 Å². The first kappa shape index (κ1) is 37.4. The molecule has 0 spiro atoms. The summed E-state index contributed by atoms with van der Waals surface area (Å²) in [7, 11) is 97.2. The van der Waals surface area contributed by atoms with Gasteiger partial charge in [0.2, 0.25) is 5.89 Å². The monoisotopic (exact) mass is 636 g/mol. The van der Waals surface area contributed by atoms with Gasteiger partial charge in [-0.2, -0.15) is 0 Å². The average molecular weight is 633 g/mol. The summed E-state index contributed by atoms with van der Waals surface area (Å²) in [4.78, 5) is 4.68. The molecule has 0 saturated carbocycles. The fraction of sp³-hybridized carbons (Fsp3) is 0.194. The van der Waals surface area contributed by atoms with E-state index in [1.165, 1.54) is 4.57 Å². The molecule has 52 heavy (non-hydrogen) atoms. The van der Waals surface area contributed by atoms with Crippen molar-refractivity contribution >= 4 is 245 Å². The zero-order chi connectivity index (χ0) is 38.4. The molecule has 0 unspecified atom stereocenters. The molecule has 1 fully saturated rings. The van der Waals surface area contributed by atoms with Gasteiger partial charge < -0.3 is 18.3 Å². The van der Waals surface area contributed by atoms with Crippen molar-refractivity contribution in [3.05, 3.63) is 0 Å². The van der Waals surface area contributed by atoms with Crippen LogP contribution in [0.4, 0.5) is 0 Å². The average Bonchev–Trinajstić information content (AvgIpc) is 3.73. The summed E-state index contributed by atoms with van der Waals surface area (Å²) < 4.78 is 20.1. The van der Waals surface area contributed by atoms with Gasteiger partial charge in [-0.1, -0.05) is 49.2 Å². The fourth-order valence-electron chi connectivity index (χ4n) is 6.77. The van der Waals surface area contributed by atoms with Crippen LogP contribution < -0.4 is 87.4 Å². The van der Waals surface area contributed by atoms with E-state index in [0.717, 1.165) is 0 Å². The van der Waals surface area contributed by atoms with E-state index in [-0.39, 0.29) is 137 Å². The third kappa shape index (κ3) is 4.82. The molecular formula is C31H12B16N2O3. The second-order valence-electron chi connectivity index (χ2n) is 13.9. The largest absolute Gasteiger partial charge is 0.493 e. The van der Waals surface area contributed by atoms with Crippen LogP contribution in [0.3, 0.4) is 0 Å². The van der Waals surface area contributed by atoms with Crippen molar-refractivity contribution in [2.45, 2.75) is 38.9 Å². The third-order valence-corrected chi connectivity index (χ3v) is 10.5. The number of benzene rings is 4. The molecule has 1 saturated heterocycles. The molecule has 2 aromatic heterocycles. The minimum absolute atomic E-state index is 0.00306. The van der Waals surface area contributed by atoms with Crippen LogP contribution >= 0.6 is 0 Å². The second kappa shape index (κ2) is 12.1. The summed E-state index contributed by atoms with van der Waals surface area (Å²) in [6, 6.07) is 0. The Morgan fingerprint density at radius 1 is 0.481 bits per heavy atom. The van der Waals surface area contributed by atoms with Crippen LogP contribution in [0.2, 0.25) is 0 Å². The van der Waals surface area contributed by atoms with E-state index in [1.54, 1.807) is 0 Å². The minimum Gasteiger partial charge on any atom is -0.437 e. The highest BCUT2D eigenvalue weighted by Gasteiger charge is 2.52. The summed E-state index contributed by atoms with van der Waals surface area (Å²) in [6.45, 7) is 7.55. The Morgan fingerprint density at radius 3 is 1.40 bits per heavy atom. The zero-order valence-corrected chi connectivity index (χ0v) is 28.9. The molecule has 0 aliphatic carbocycles. The quantitative estimate of drug-likeness (QED) is 0.182. The van der Waals surface area contributed by atoms with Crippen LogP contribution in [0.1, 0.15) is 27.7 Å². The Hall–Kier alpha value is -2.89. The number of hydrogen-bond acceptors (Lipinski definition) is 4. The molecule has 7 rings (SSSR count). The summed E-state index contributed by atoms with van der Waals surface area (Å²) in [5.41, 5.74) is -0.878. The van der Waals surface area contributed by atoms with Gasteiger partial charge >= 0.3 is 7.12 Å². The van der Waals surface area contributed by atoms with Crippen molar-refractivity contribution in [1.82, 2.24) is 9.55 Å². The number of rotatable bonds is 3. The molecule has 1 aliphatic rings. The lowest BCUT2D eigenvalue weighted by molar-refractivity contribution is 0.00578. The summed E-state index contributed by atoms with van der Waals surface area (Å²) in [6.07, 6.45) is 0. The van der Waals surface area contributed by atoms with Gasteiger partial charge in [0, 0.05) is 22.3 Å². The van der Waals surface area contributed by atoms with E-state index >= 15 is 0 Å². The second-order valence-corrected chi connectivity index (χ2v) is 13.9. The highest BCUT2D eigenvalue weighted by atomic mass is 16.7. The van der Waals surface area contributed by atoms with Crippen LogP contribution in [0.25, 0.3) is 50.0 Å². The standard InChI is InChI=1S/C31H12B16N2O3/c1-30(2)31(3,4)52-47(51-30)23-17(41)21(45)28-24(22(23)46)48-29(50-28)7-10(34)14(38)20(44)27(11(7)35)49-25-5(8(32)12(36)15(39)18(25)42)6-9(33)13(37)16(40)19(43)26(6)49/h1-4H3. The minimum atomic E-state index is -0.972. The Morgan fingerprint density at radius 2 is 0.923 bits per heavy atom. The molecule has 6 aromatic rings. The molecule has 0 N–H and O–H groups in total. The predicted molar refractivity (Wildman–Crippen MR) is 230 cm³/mol. The van der Waals surface area contributed by atoms with Crippen molar-refractivity contribution in [2.75, 3.05) is 0 Å². The molecule has 0 bridgehead atoms. The van der Waals surface area contributed by atoms with Crippen molar-refractivity contribution in [3.8, 4) is 17.1 Å². The van der Waals surface area contributed by atoms with E-state index in [2.05, 4.69) is 4.98 Å². The van der Waals surface area contributed by atoms with Gasteiger partial charge in [0.25, 0.3) is 0 Å². The van der Waals surface area contributed by atoms with Crippen molar-refractivity contribution < 1.29 is 13.7 Å². The van der Waals surface area contributed by atoms with Gasteiger partial charge in [-0.15, -0.1) is 32.8 Å². The summed E-state index contributed by atoms with van der Waals surface area (Å²) in [5, 5.41) is 0.498. The molecular weight excluding hydrogens is 621 g/mol. The Bertz CT molecular complexity index is 2520. The molecule has 21 heteroatoms. The lowest BCUT2D eigenvalue weighted by atomic mass is 9.60. The zero-order valence-electron chi connectivity index (χ0n) is 28.9. The molecule has 30 radical (unpaired) electrons. The summed E-state index contributed by atoms with van der Waals surface area (Å²) >= 11 is 0. The predicted octanol–water partition coefficient (Wildman–Crippen LogP) is -11.2. The Balaban J connectivity index is 1.58. The number of nitrogens with zero attached hydrogens (tertiary/aromatic N) is 2. The van der Waals surface area contributed by atoms with E-state index in [0.29, 0.717) is 0 Å². The van der Waals surface area contributed by atoms with Crippen LogP contribution in [-0.2, 0) is 9.31 Å². The Kier molecular flexibility index (Phi) is 8.68. The van der Waals surface area contributed by atoms with Gasteiger partial charge in [-0.05, 0) is 43.9 Å². The van der Waals surface area contributed by atoms with Crippen molar-refractivity contribution in [2.24, 2.45) is 0 Å². The SMILES string of the molecule is [B]c1c([B])c(-c2nc3c([B])c(B4OC(C)(C)C(C)(C)O4)c([B])c([B])c3o2)c([B])c(-n2c3c([B])c([B])c([B])c([B])c3c3c([B])c([B])c([B])c([B])c32)c1[B]. The van der Waals surface area contributed by atoms with E-state index in [9.17, 15) is 0 Å². The lowest BCUT2D eigenvalue weighted by Gasteiger charge is -2.32. The van der Waals surface area contributed by atoms with Gasteiger partial charge in [-0.25, -0.2) is 4.98 Å². The van der Waals surface area contributed by atoms with Crippen molar-refractivity contribution in [1.29, 1.82) is 0 Å². The molecule has 3 heterocycles. The van der Waals surface area contributed by atoms with Crippen LogP contribution in [0.15, 0.2) is 4.42 Å². The first-order valence-corrected chi connectivity index (χ1v) is 15.8. The number of aromatic nitrogens is 2. The maximum atomic E-state index is 6.97. The van der Waals surface area contributed by atoms with E-state index < -0.39 is 18.3 Å². The molecule has 0 atom stereocenters. The maximum Gasteiger partial charge on any atom is 0.493 e.